The van der Waals surface area contributed by atoms with Crippen LogP contribution in [0.2, 0.25) is 0 Å². The summed E-state index contributed by atoms with van der Waals surface area (Å²) in [5.41, 5.74) is 6.19. The van der Waals surface area contributed by atoms with Crippen molar-refractivity contribution in [1.29, 1.82) is 0 Å². The minimum absolute atomic E-state index is 0.105. The van der Waals surface area contributed by atoms with Crippen LogP contribution in [-0.4, -0.2) is 53.2 Å². The molecule has 12 nitrogen and oxygen atoms in total. The van der Waals surface area contributed by atoms with Gasteiger partial charge in [-0.15, -0.1) is 0 Å². The van der Waals surface area contributed by atoms with E-state index in [1.165, 1.54) is 24.3 Å². The Hall–Kier alpha value is -3.53. The number of hydrogen-bond acceptors (Lipinski definition) is 9. The topological polar surface area (TPSA) is 181 Å². The maximum atomic E-state index is 12.7. The van der Waals surface area contributed by atoms with Gasteiger partial charge in [-0.3, -0.25) is 13.9 Å². The van der Waals surface area contributed by atoms with Crippen molar-refractivity contribution in [2.45, 2.75) is 0 Å². The number of anilines is 4. The summed E-state index contributed by atoms with van der Waals surface area (Å²) in [6, 6.07) is 12.3. The van der Waals surface area contributed by atoms with E-state index in [1.807, 2.05) is 0 Å². The highest BCUT2D eigenvalue weighted by Gasteiger charge is 2.21. The number of benzene rings is 2. The lowest BCUT2D eigenvalue weighted by Crippen LogP contribution is -2.32. The monoisotopic (exact) mass is 539 g/mol. The van der Waals surface area contributed by atoms with E-state index in [2.05, 4.69) is 15.6 Å². The van der Waals surface area contributed by atoms with Crippen molar-refractivity contribution in [2.75, 3.05) is 34.2 Å². The van der Waals surface area contributed by atoms with Crippen LogP contribution < -0.4 is 25.4 Å². The Bertz CT molecular complexity index is 1360. The van der Waals surface area contributed by atoms with Gasteiger partial charge in [0.25, 0.3) is 11.8 Å². The van der Waals surface area contributed by atoms with Crippen LogP contribution in [0.4, 0.5) is 21.5 Å². The van der Waals surface area contributed by atoms with Crippen LogP contribution in [0.1, 0.15) is 20.8 Å². The summed E-state index contributed by atoms with van der Waals surface area (Å²) >= 11 is -1.40. The van der Waals surface area contributed by atoms with Gasteiger partial charge in [-0.2, -0.15) is 0 Å². The van der Waals surface area contributed by atoms with Crippen LogP contribution in [0.5, 0.6) is 5.75 Å². The lowest BCUT2D eigenvalue weighted by molar-refractivity contribution is 0.0997. The van der Waals surface area contributed by atoms with E-state index in [9.17, 15) is 22.2 Å². The second kappa shape index (κ2) is 10.8. The van der Waals surface area contributed by atoms with Gasteiger partial charge >= 0.3 is 0 Å². The standard InChI is InChI=1S/C20H21N5O7S3/c1-32-15-9-5-13(6-10-15)22-20-23-16(17(21)26)19(33-20)24-18(27)12-3-7-14(8-4-12)25(11-34(28)29)35(2,30)31/h3-10H,11H2,1-2H3,(H2,21,26)(H,22,23)(H,24,27)(H,28,29). The van der Waals surface area contributed by atoms with Crippen LogP contribution in [-0.2, 0) is 21.1 Å². The molecule has 2 amide bonds. The highest BCUT2D eigenvalue weighted by atomic mass is 32.2. The van der Waals surface area contributed by atoms with Crippen molar-refractivity contribution < 1.29 is 31.5 Å². The zero-order valence-corrected chi connectivity index (χ0v) is 20.9. The molecule has 0 saturated heterocycles. The van der Waals surface area contributed by atoms with Gasteiger partial charge in [-0.05, 0) is 48.5 Å². The fourth-order valence-electron chi connectivity index (χ4n) is 2.84. The Labute approximate surface area is 207 Å². The number of aromatic nitrogens is 1. The molecular formula is C20H21N5O7S3. The summed E-state index contributed by atoms with van der Waals surface area (Å²) in [6.07, 6.45) is 0.896. The van der Waals surface area contributed by atoms with Crippen LogP contribution in [0, 0.1) is 0 Å². The quantitative estimate of drug-likeness (QED) is 0.281. The van der Waals surface area contributed by atoms with Gasteiger partial charge in [0.05, 0.1) is 19.1 Å². The third-order valence-electron chi connectivity index (χ3n) is 4.47. The second-order valence-electron chi connectivity index (χ2n) is 6.98. The van der Waals surface area contributed by atoms with E-state index in [0.717, 1.165) is 21.9 Å². The third-order valence-corrected chi connectivity index (χ3v) is 7.14. The minimum Gasteiger partial charge on any atom is -0.497 e. The van der Waals surface area contributed by atoms with E-state index in [-0.39, 0.29) is 21.9 Å². The molecule has 186 valence electrons. The molecule has 35 heavy (non-hydrogen) atoms. The van der Waals surface area contributed by atoms with Crippen molar-refractivity contribution in [2.24, 2.45) is 5.73 Å². The molecule has 1 atom stereocenters. The number of amides is 2. The number of methoxy groups -OCH3 is 1. The molecular weight excluding hydrogens is 518 g/mol. The summed E-state index contributed by atoms with van der Waals surface area (Å²) in [5, 5.41) is 6.03. The summed E-state index contributed by atoms with van der Waals surface area (Å²) in [6.45, 7) is 0. The molecule has 3 rings (SSSR count). The number of thiazole rings is 1. The van der Waals surface area contributed by atoms with Crippen molar-refractivity contribution in [1.82, 2.24) is 4.98 Å². The number of sulfonamides is 1. The zero-order valence-electron chi connectivity index (χ0n) is 18.4. The van der Waals surface area contributed by atoms with E-state index >= 15 is 0 Å². The van der Waals surface area contributed by atoms with E-state index < -0.39 is 38.8 Å². The molecule has 0 aliphatic heterocycles. The number of rotatable bonds is 10. The van der Waals surface area contributed by atoms with Crippen LogP contribution >= 0.6 is 11.3 Å². The number of nitrogens with two attached hydrogens (primary N) is 1. The number of carbonyl (C=O) groups excluding carboxylic acids is 2. The average molecular weight is 540 g/mol. The first kappa shape index (κ1) is 26.1. The second-order valence-corrected chi connectivity index (χ2v) is 10.8. The predicted octanol–water partition coefficient (Wildman–Crippen LogP) is 2.19. The lowest BCUT2D eigenvalue weighted by atomic mass is 10.2. The van der Waals surface area contributed by atoms with Gasteiger partial charge < -0.3 is 25.7 Å². The maximum absolute atomic E-state index is 12.7. The smallest absolute Gasteiger partial charge is 0.270 e. The Kier molecular flexibility index (Phi) is 8.06. The molecule has 3 aromatic rings. The first-order valence-corrected chi connectivity index (χ1v) is 13.6. The van der Waals surface area contributed by atoms with E-state index in [1.54, 1.807) is 31.4 Å². The molecule has 5 N–H and O–H groups in total. The number of carbonyl (C=O) groups is 2. The van der Waals surface area contributed by atoms with Gasteiger partial charge in [-0.1, -0.05) is 11.3 Å². The normalized spacial score (nSPS) is 12.0. The number of ether oxygens (including phenoxy) is 1. The van der Waals surface area contributed by atoms with Crippen LogP contribution in [0.3, 0.4) is 0 Å². The molecule has 0 radical (unpaired) electrons. The molecule has 0 spiro atoms. The van der Waals surface area contributed by atoms with Gasteiger partial charge in [-0.25, -0.2) is 17.6 Å². The highest BCUT2D eigenvalue weighted by Crippen LogP contribution is 2.31. The van der Waals surface area contributed by atoms with Gasteiger partial charge in [0, 0.05) is 11.3 Å². The molecule has 0 aliphatic rings. The Morgan fingerprint density at radius 2 is 1.80 bits per heavy atom. The van der Waals surface area contributed by atoms with Crippen molar-refractivity contribution in [3.05, 3.63) is 59.8 Å². The van der Waals surface area contributed by atoms with E-state index in [4.69, 9.17) is 15.0 Å². The Morgan fingerprint density at radius 1 is 1.17 bits per heavy atom. The fourth-order valence-corrected chi connectivity index (χ4v) is 5.62. The molecule has 0 fully saturated rings. The minimum atomic E-state index is -3.83. The first-order chi connectivity index (χ1) is 16.5. The number of nitrogens with zero attached hydrogens (tertiary/aromatic N) is 2. The zero-order chi connectivity index (χ0) is 25.8. The largest absolute Gasteiger partial charge is 0.497 e. The molecule has 1 unspecified atom stereocenters. The van der Waals surface area contributed by atoms with Crippen molar-refractivity contribution in [3.63, 3.8) is 0 Å². The summed E-state index contributed by atoms with van der Waals surface area (Å²) in [4.78, 5) is 28.7. The van der Waals surface area contributed by atoms with Gasteiger partial charge in [0.15, 0.2) is 21.9 Å². The molecule has 1 aromatic heterocycles. The summed E-state index contributed by atoms with van der Waals surface area (Å²) in [5.74, 6) is -1.43. The average Bonchev–Trinajstić information content (AvgIpc) is 3.19. The first-order valence-electron chi connectivity index (χ1n) is 9.66. The number of hydrogen-bond donors (Lipinski definition) is 4. The van der Waals surface area contributed by atoms with Crippen molar-refractivity contribution in [3.8, 4) is 5.75 Å². The lowest BCUT2D eigenvalue weighted by Gasteiger charge is -2.20. The molecule has 0 bridgehead atoms. The molecule has 15 heteroatoms. The number of primary amides is 1. The molecule has 2 aromatic carbocycles. The maximum Gasteiger partial charge on any atom is 0.270 e. The van der Waals surface area contributed by atoms with Gasteiger partial charge in [0.1, 0.15) is 16.6 Å². The number of nitrogens with one attached hydrogen (secondary N) is 2. The third kappa shape index (κ3) is 6.75. The highest BCUT2D eigenvalue weighted by molar-refractivity contribution is 7.93. The molecule has 0 aliphatic carbocycles. The summed E-state index contributed by atoms with van der Waals surface area (Å²) in [7, 11) is -2.28. The van der Waals surface area contributed by atoms with Crippen LogP contribution in [0.25, 0.3) is 0 Å². The van der Waals surface area contributed by atoms with Gasteiger partial charge in [0.2, 0.25) is 10.0 Å². The summed E-state index contributed by atoms with van der Waals surface area (Å²) < 4.78 is 49.9. The predicted molar refractivity (Wildman–Crippen MR) is 134 cm³/mol. The fraction of sp³-hybridized carbons (Fsp3) is 0.150. The molecule has 1 heterocycles. The molecule has 0 saturated carbocycles. The van der Waals surface area contributed by atoms with Crippen LogP contribution in [0.15, 0.2) is 48.5 Å². The Morgan fingerprint density at radius 3 is 2.31 bits per heavy atom. The SMILES string of the molecule is COc1ccc(Nc2nc(C(N)=O)c(NC(=O)c3ccc(N(CS(=O)O)S(C)(=O)=O)cc3)s2)cc1. The Balaban J connectivity index is 1.79. The van der Waals surface area contributed by atoms with Crippen molar-refractivity contribution >= 4 is 65.8 Å². The van der Waals surface area contributed by atoms with E-state index in [0.29, 0.717) is 16.6 Å².